The molecular weight excluding hydrogens is 342 g/mol. The zero-order valence-electron chi connectivity index (χ0n) is 15.0. The molecule has 0 saturated carbocycles. The smallest absolute Gasteiger partial charge is 0.264 e. The Morgan fingerprint density at radius 1 is 1.35 bits per heavy atom. The SMILES string of the molecule is Cc1nn(CC(=O)NC(C)C)c2nc(-c3cnn(C)c3)cc(C(F)F)c12. The summed E-state index contributed by atoms with van der Waals surface area (Å²) >= 11 is 0. The van der Waals surface area contributed by atoms with Crippen LogP contribution in [0.3, 0.4) is 0 Å². The van der Waals surface area contributed by atoms with Crippen molar-refractivity contribution >= 4 is 16.9 Å². The summed E-state index contributed by atoms with van der Waals surface area (Å²) in [6.45, 7) is 5.24. The third-order valence-electron chi connectivity index (χ3n) is 3.89. The van der Waals surface area contributed by atoms with E-state index in [4.69, 9.17) is 0 Å². The quantitative estimate of drug-likeness (QED) is 0.757. The van der Waals surface area contributed by atoms with Crippen LogP contribution in [0.4, 0.5) is 8.78 Å². The number of amides is 1. The molecule has 0 radical (unpaired) electrons. The van der Waals surface area contributed by atoms with Gasteiger partial charge in [0, 0.05) is 30.4 Å². The first kappa shape index (κ1) is 18.0. The van der Waals surface area contributed by atoms with Gasteiger partial charge in [-0.2, -0.15) is 10.2 Å². The van der Waals surface area contributed by atoms with E-state index in [1.165, 1.54) is 10.7 Å². The second-order valence-electron chi connectivity index (χ2n) is 6.46. The minimum Gasteiger partial charge on any atom is -0.352 e. The van der Waals surface area contributed by atoms with Gasteiger partial charge in [-0.25, -0.2) is 18.4 Å². The Morgan fingerprint density at radius 3 is 2.65 bits per heavy atom. The number of nitrogens with one attached hydrogen (secondary N) is 1. The lowest BCUT2D eigenvalue weighted by molar-refractivity contribution is -0.122. The number of hydrogen-bond donors (Lipinski definition) is 1. The van der Waals surface area contributed by atoms with E-state index in [0.29, 0.717) is 17.0 Å². The van der Waals surface area contributed by atoms with Crippen LogP contribution in [0.5, 0.6) is 0 Å². The molecular formula is C17H20F2N6O. The average Bonchev–Trinajstić information content (AvgIpc) is 3.10. The second-order valence-corrected chi connectivity index (χ2v) is 6.46. The fourth-order valence-electron chi connectivity index (χ4n) is 2.87. The number of halogens is 2. The van der Waals surface area contributed by atoms with Crippen LogP contribution < -0.4 is 5.32 Å². The van der Waals surface area contributed by atoms with Crippen molar-refractivity contribution in [1.29, 1.82) is 0 Å². The van der Waals surface area contributed by atoms with Gasteiger partial charge in [0.15, 0.2) is 5.65 Å². The topological polar surface area (TPSA) is 77.6 Å². The molecule has 0 bridgehead atoms. The Kier molecular flexibility index (Phi) is 4.71. The van der Waals surface area contributed by atoms with Gasteiger partial charge in [0.1, 0.15) is 6.54 Å². The van der Waals surface area contributed by atoms with E-state index in [0.717, 1.165) is 0 Å². The monoisotopic (exact) mass is 362 g/mol. The molecule has 1 N–H and O–H groups in total. The number of pyridine rings is 1. The number of carbonyl (C=O) groups excluding carboxylic acids is 1. The van der Waals surface area contributed by atoms with E-state index in [1.54, 1.807) is 31.0 Å². The number of hydrogen-bond acceptors (Lipinski definition) is 4. The number of aryl methyl sites for hydroxylation is 2. The van der Waals surface area contributed by atoms with Gasteiger partial charge in [-0.15, -0.1) is 0 Å². The molecule has 9 heteroatoms. The van der Waals surface area contributed by atoms with Crippen molar-refractivity contribution in [3.63, 3.8) is 0 Å². The first-order chi connectivity index (χ1) is 12.3. The Bertz CT molecular complexity index is 960. The average molecular weight is 362 g/mol. The van der Waals surface area contributed by atoms with E-state index in [-0.39, 0.29) is 35.1 Å². The van der Waals surface area contributed by atoms with Gasteiger partial charge in [0.25, 0.3) is 6.43 Å². The van der Waals surface area contributed by atoms with Crippen molar-refractivity contribution in [2.45, 2.75) is 39.8 Å². The van der Waals surface area contributed by atoms with Gasteiger partial charge in [0.2, 0.25) is 5.91 Å². The highest BCUT2D eigenvalue weighted by molar-refractivity contribution is 5.86. The summed E-state index contributed by atoms with van der Waals surface area (Å²) in [5.41, 5.74) is 1.51. The fourth-order valence-corrected chi connectivity index (χ4v) is 2.87. The van der Waals surface area contributed by atoms with Crippen LogP contribution in [0.1, 0.15) is 31.5 Å². The molecule has 0 atom stereocenters. The van der Waals surface area contributed by atoms with Crippen molar-refractivity contribution in [2.75, 3.05) is 0 Å². The minimum atomic E-state index is -2.68. The van der Waals surface area contributed by atoms with Crippen LogP contribution in [0, 0.1) is 6.92 Å². The lowest BCUT2D eigenvalue weighted by Gasteiger charge is -2.10. The summed E-state index contributed by atoms with van der Waals surface area (Å²) in [6, 6.07) is 1.33. The highest BCUT2D eigenvalue weighted by Crippen LogP contribution is 2.32. The molecule has 3 aromatic heterocycles. The van der Waals surface area contributed by atoms with E-state index < -0.39 is 6.43 Å². The zero-order chi connectivity index (χ0) is 19.0. The van der Waals surface area contributed by atoms with Crippen molar-refractivity contribution in [2.24, 2.45) is 7.05 Å². The largest absolute Gasteiger partial charge is 0.352 e. The Morgan fingerprint density at radius 2 is 2.08 bits per heavy atom. The third-order valence-corrected chi connectivity index (χ3v) is 3.89. The van der Waals surface area contributed by atoms with Gasteiger partial charge in [-0.3, -0.25) is 9.48 Å². The second kappa shape index (κ2) is 6.81. The number of alkyl halides is 2. The fraction of sp³-hybridized carbons (Fsp3) is 0.412. The molecule has 3 heterocycles. The minimum absolute atomic E-state index is 0.0269. The van der Waals surface area contributed by atoms with Gasteiger partial charge < -0.3 is 5.32 Å². The van der Waals surface area contributed by atoms with Crippen LogP contribution in [-0.2, 0) is 18.4 Å². The van der Waals surface area contributed by atoms with E-state index >= 15 is 0 Å². The van der Waals surface area contributed by atoms with Gasteiger partial charge >= 0.3 is 0 Å². The molecule has 0 aliphatic carbocycles. The summed E-state index contributed by atoms with van der Waals surface area (Å²) in [5, 5.41) is 11.4. The third kappa shape index (κ3) is 3.42. The molecule has 0 aliphatic rings. The highest BCUT2D eigenvalue weighted by atomic mass is 19.3. The standard InChI is InChI=1S/C17H20F2N6O/c1-9(2)21-14(26)8-25-17-15(10(3)23-25)12(16(18)19)5-13(22-17)11-6-20-24(4)7-11/h5-7,9,16H,8H2,1-4H3,(H,21,26). The molecule has 0 saturated heterocycles. The predicted molar refractivity (Wildman–Crippen MR) is 92.7 cm³/mol. The molecule has 138 valence electrons. The molecule has 1 amide bonds. The number of nitrogens with zero attached hydrogens (tertiary/aromatic N) is 5. The Hall–Kier alpha value is -2.84. The zero-order valence-corrected chi connectivity index (χ0v) is 15.0. The molecule has 0 aromatic carbocycles. The molecule has 3 rings (SSSR count). The van der Waals surface area contributed by atoms with E-state index in [2.05, 4.69) is 20.5 Å². The van der Waals surface area contributed by atoms with Gasteiger partial charge in [-0.05, 0) is 26.8 Å². The van der Waals surface area contributed by atoms with Crippen LogP contribution in [0.25, 0.3) is 22.3 Å². The van der Waals surface area contributed by atoms with E-state index in [1.807, 2.05) is 13.8 Å². The van der Waals surface area contributed by atoms with Crippen LogP contribution in [-0.4, -0.2) is 36.5 Å². The number of aromatic nitrogens is 5. The maximum atomic E-state index is 13.7. The van der Waals surface area contributed by atoms with Crippen molar-refractivity contribution < 1.29 is 13.6 Å². The summed E-state index contributed by atoms with van der Waals surface area (Å²) in [6.07, 6.45) is 0.571. The molecule has 3 aromatic rings. The number of rotatable bonds is 5. The molecule has 0 spiro atoms. The van der Waals surface area contributed by atoms with Gasteiger partial charge in [-0.1, -0.05) is 0 Å². The first-order valence-electron chi connectivity index (χ1n) is 8.21. The number of fused-ring (bicyclic) bond motifs is 1. The van der Waals surface area contributed by atoms with Crippen molar-refractivity contribution in [1.82, 2.24) is 29.9 Å². The van der Waals surface area contributed by atoms with Crippen molar-refractivity contribution in [3.8, 4) is 11.3 Å². The Labute approximate surface area is 149 Å². The molecule has 0 aliphatic heterocycles. The van der Waals surface area contributed by atoms with Crippen LogP contribution in [0.2, 0.25) is 0 Å². The summed E-state index contributed by atoms with van der Waals surface area (Å²) in [4.78, 5) is 16.6. The van der Waals surface area contributed by atoms with Crippen LogP contribution in [0.15, 0.2) is 18.5 Å². The highest BCUT2D eigenvalue weighted by Gasteiger charge is 2.22. The molecule has 26 heavy (non-hydrogen) atoms. The summed E-state index contributed by atoms with van der Waals surface area (Å²) in [5.74, 6) is -0.253. The first-order valence-corrected chi connectivity index (χ1v) is 8.21. The lowest BCUT2D eigenvalue weighted by Crippen LogP contribution is -2.33. The summed E-state index contributed by atoms with van der Waals surface area (Å²) in [7, 11) is 1.74. The normalized spacial score (nSPS) is 11.7. The van der Waals surface area contributed by atoms with Crippen LogP contribution >= 0.6 is 0 Å². The maximum absolute atomic E-state index is 13.7. The predicted octanol–water partition coefficient (Wildman–Crippen LogP) is 2.60. The van der Waals surface area contributed by atoms with Gasteiger partial charge in [0.05, 0.1) is 23.0 Å². The molecule has 7 nitrogen and oxygen atoms in total. The van der Waals surface area contributed by atoms with E-state index in [9.17, 15) is 13.6 Å². The lowest BCUT2D eigenvalue weighted by atomic mass is 10.1. The maximum Gasteiger partial charge on any atom is 0.264 e. The molecule has 0 unspecified atom stereocenters. The molecule has 0 fully saturated rings. The number of carbonyl (C=O) groups is 1. The van der Waals surface area contributed by atoms with Crippen molar-refractivity contribution in [3.05, 3.63) is 29.7 Å². The summed E-state index contributed by atoms with van der Waals surface area (Å²) < 4.78 is 30.3. The Balaban J connectivity index is 2.15.